The molecule has 1 aliphatic rings. The van der Waals surface area contributed by atoms with E-state index in [1.807, 2.05) is 0 Å². The van der Waals surface area contributed by atoms with Crippen LogP contribution in [0.5, 0.6) is 0 Å². The van der Waals surface area contributed by atoms with Gasteiger partial charge in [0.25, 0.3) is 5.91 Å². The number of rotatable bonds is 4. The monoisotopic (exact) mass is 376 g/mol. The van der Waals surface area contributed by atoms with E-state index in [0.717, 1.165) is 25.7 Å². The maximum Gasteiger partial charge on any atom is 0.375 e. The van der Waals surface area contributed by atoms with Crippen molar-refractivity contribution >= 4 is 28.9 Å². The standard InChI is InChI=1S/C19H21FN2O5/c1-10-13-8-5-9-14(20)16(13)27-15(10)18(24)26-11(2)17(23)22-19(25)21-12-6-3-4-7-12/h5,8-9,11-12H,3-4,6-7H2,1-2H3,(H2,21,22,23,25)/t11-/m1/s1. The van der Waals surface area contributed by atoms with Crippen molar-refractivity contribution < 1.29 is 27.9 Å². The van der Waals surface area contributed by atoms with Gasteiger partial charge in [-0.2, -0.15) is 0 Å². The first-order valence-corrected chi connectivity index (χ1v) is 8.86. The van der Waals surface area contributed by atoms with E-state index in [-0.39, 0.29) is 17.4 Å². The van der Waals surface area contributed by atoms with Gasteiger partial charge in [0.15, 0.2) is 17.5 Å². The largest absolute Gasteiger partial charge is 0.447 e. The Morgan fingerprint density at radius 2 is 1.96 bits per heavy atom. The fourth-order valence-electron chi connectivity index (χ4n) is 3.18. The van der Waals surface area contributed by atoms with Crippen LogP contribution in [0, 0.1) is 12.7 Å². The van der Waals surface area contributed by atoms with E-state index in [9.17, 15) is 18.8 Å². The van der Waals surface area contributed by atoms with Gasteiger partial charge in [-0.3, -0.25) is 10.1 Å². The number of ether oxygens (including phenoxy) is 1. The molecule has 1 saturated carbocycles. The molecular weight excluding hydrogens is 355 g/mol. The predicted octanol–water partition coefficient (Wildman–Crippen LogP) is 3.19. The van der Waals surface area contributed by atoms with Gasteiger partial charge in [0.05, 0.1) is 0 Å². The lowest BCUT2D eigenvalue weighted by Gasteiger charge is -2.15. The molecule has 3 rings (SSSR count). The van der Waals surface area contributed by atoms with Crippen LogP contribution in [0.4, 0.5) is 9.18 Å². The first-order chi connectivity index (χ1) is 12.9. The molecule has 8 heteroatoms. The highest BCUT2D eigenvalue weighted by Gasteiger charge is 2.26. The number of nitrogens with one attached hydrogen (secondary N) is 2. The molecule has 1 heterocycles. The molecule has 0 saturated heterocycles. The molecule has 1 aliphatic carbocycles. The van der Waals surface area contributed by atoms with Gasteiger partial charge >= 0.3 is 12.0 Å². The van der Waals surface area contributed by atoms with Crippen molar-refractivity contribution in [1.82, 2.24) is 10.6 Å². The van der Waals surface area contributed by atoms with Crippen molar-refractivity contribution in [3.63, 3.8) is 0 Å². The first kappa shape index (κ1) is 18.9. The Labute approximate surface area is 155 Å². The van der Waals surface area contributed by atoms with Gasteiger partial charge in [-0.1, -0.05) is 25.0 Å². The normalized spacial score (nSPS) is 15.5. The number of carbonyl (C=O) groups excluding carboxylic acids is 3. The van der Waals surface area contributed by atoms with Crippen LogP contribution in [-0.2, 0) is 9.53 Å². The Bertz CT molecular complexity index is 886. The summed E-state index contributed by atoms with van der Waals surface area (Å²) in [7, 11) is 0. The zero-order valence-corrected chi connectivity index (χ0v) is 15.1. The highest BCUT2D eigenvalue weighted by molar-refractivity contribution is 6.00. The molecule has 0 bridgehead atoms. The summed E-state index contributed by atoms with van der Waals surface area (Å²) >= 11 is 0. The fourth-order valence-corrected chi connectivity index (χ4v) is 3.18. The van der Waals surface area contributed by atoms with E-state index in [4.69, 9.17) is 9.15 Å². The molecule has 2 N–H and O–H groups in total. The van der Waals surface area contributed by atoms with Crippen molar-refractivity contribution in [2.75, 3.05) is 0 Å². The van der Waals surface area contributed by atoms with E-state index in [0.29, 0.717) is 10.9 Å². The van der Waals surface area contributed by atoms with Crippen LogP contribution in [0.1, 0.15) is 48.7 Å². The van der Waals surface area contributed by atoms with Crippen molar-refractivity contribution in [3.8, 4) is 0 Å². The van der Waals surface area contributed by atoms with Crippen LogP contribution in [-0.4, -0.2) is 30.1 Å². The van der Waals surface area contributed by atoms with E-state index < -0.39 is 29.8 Å². The number of urea groups is 1. The lowest BCUT2D eigenvalue weighted by molar-refractivity contribution is -0.128. The van der Waals surface area contributed by atoms with E-state index in [1.165, 1.54) is 19.1 Å². The zero-order valence-electron chi connectivity index (χ0n) is 15.1. The number of hydrogen-bond acceptors (Lipinski definition) is 5. The quantitative estimate of drug-likeness (QED) is 0.799. The number of imide groups is 1. The molecule has 1 aromatic heterocycles. The van der Waals surface area contributed by atoms with Crippen LogP contribution < -0.4 is 10.6 Å². The number of carbonyl (C=O) groups is 3. The number of aryl methyl sites for hydroxylation is 1. The minimum absolute atomic E-state index is 0.0463. The second-order valence-corrected chi connectivity index (χ2v) is 6.66. The Morgan fingerprint density at radius 1 is 1.26 bits per heavy atom. The van der Waals surface area contributed by atoms with Gasteiger partial charge in [0.2, 0.25) is 5.76 Å². The summed E-state index contributed by atoms with van der Waals surface area (Å²) in [6.07, 6.45) is 2.64. The third-order valence-corrected chi connectivity index (χ3v) is 4.68. The predicted molar refractivity (Wildman–Crippen MR) is 94.7 cm³/mol. The second kappa shape index (κ2) is 7.77. The average molecular weight is 376 g/mol. The number of para-hydroxylation sites is 1. The summed E-state index contributed by atoms with van der Waals surface area (Å²) < 4.78 is 24.1. The molecule has 7 nitrogen and oxygen atoms in total. The maximum absolute atomic E-state index is 13.8. The van der Waals surface area contributed by atoms with E-state index in [2.05, 4.69) is 10.6 Å². The van der Waals surface area contributed by atoms with Gasteiger partial charge in [0.1, 0.15) is 0 Å². The number of benzene rings is 1. The van der Waals surface area contributed by atoms with Crippen molar-refractivity contribution in [2.24, 2.45) is 0 Å². The second-order valence-electron chi connectivity index (χ2n) is 6.66. The van der Waals surface area contributed by atoms with Crippen LogP contribution in [0.2, 0.25) is 0 Å². The molecular formula is C19H21FN2O5. The number of amides is 3. The Morgan fingerprint density at radius 3 is 2.63 bits per heavy atom. The molecule has 1 atom stereocenters. The molecule has 2 aromatic rings. The van der Waals surface area contributed by atoms with Gasteiger partial charge < -0.3 is 14.5 Å². The van der Waals surface area contributed by atoms with Crippen LogP contribution in [0.15, 0.2) is 22.6 Å². The van der Waals surface area contributed by atoms with Gasteiger partial charge in [0, 0.05) is 17.0 Å². The Balaban J connectivity index is 1.61. The highest BCUT2D eigenvalue weighted by atomic mass is 19.1. The lowest BCUT2D eigenvalue weighted by atomic mass is 10.1. The number of halogens is 1. The Kier molecular flexibility index (Phi) is 5.43. The molecule has 0 spiro atoms. The number of esters is 1. The topological polar surface area (TPSA) is 97.6 Å². The minimum atomic E-state index is -1.22. The minimum Gasteiger partial charge on any atom is -0.447 e. The summed E-state index contributed by atoms with van der Waals surface area (Å²) in [5, 5.41) is 5.32. The molecule has 3 amide bonds. The first-order valence-electron chi connectivity index (χ1n) is 8.86. The van der Waals surface area contributed by atoms with Gasteiger partial charge in [-0.15, -0.1) is 0 Å². The molecule has 0 radical (unpaired) electrons. The van der Waals surface area contributed by atoms with Crippen molar-refractivity contribution in [2.45, 2.75) is 51.7 Å². The molecule has 0 aliphatic heterocycles. The number of hydrogen-bond donors (Lipinski definition) is 2. The SMILES string of the molecule is Cc1c(C(=O)O[C@H](C)C(=O)NC(=O)NC2CCCC2)oc2c(F)cccc12. The lowest BCUT2D eigenvalue weighted by Crippen LogP contribution is -2.47. The molecule has 1 aromatic carbocycles. The molecule has 0 unspecified atom stereocenters. The highest BCUT2D eigenvalue weighted by Crippen LogP contribution is 2.28. The summed E-state index contributed by atoms with van der Waals surface area (Å²) in [4.78, 5) is 36.2. The summed E-state index contributed by atoms with van der Waals surface area (Å²) in [5.74, 6) is -2.42. The summed E-state index contributed by atoms with van der Waals surface area (Å²) in [6.45, 7) is 2.94. The van der Waals surface area contributed by atoms with Crippen molar-refractivity contribution in [3.05, 3.63) is 35.3 Å². The Hall–Kier alpha value is -2.90. The molecule has 144 valence electrons. The van der Waals surface area contributed by atoms with E-state index >= 15 is 0 Å². The fraction of sp³-hybridized carbons (Fsp3) is 0.421. The molecule has 1 fully saturated rings. The van der Waals surface area contributed by atoms with Gasteiger partial charge in [-0.05, 0) is 32.8 Å². The number of furan rings is 1. The average Bonchev–Trinajstić information content (AvgIpc) is 3.23. The maximum atomic E-state index is 13.8. The van der Waals surface area contributed by atoms with Gasteiger partial charge in [-0.25, -0.2) is 14.0 Å². The van der Waals surface area contributed by atoms with Crippen LogP contribution in [0.3, 0.4) is 0 Å². The third-order valence-electron chi connectivity index (χ3n) is 4.68. The smallest absolute Gasteiger partial charge is 0.375 e. The summed E-state index contributed by atoms with van der Waals surface area (Å²) in [5.41, 5.74) is 0.371. The van der Waals surface area contributed by atoms with E-state index in [1.54, 1.807) is 13.0 Å². The summed E-state index contributed by atoms with van der Waals surface area (Å²) in [6, 6.07) is 3.80. The van der Waals surface area contributed by atoms with Crippen LogP contribution >= 0.6 is 0 Å². The van der Waals surface area contributed by atoms with Crippen LogP contribution in [0.25, 0.3) is 11.0 Å². The molecule has 27 heavy (non-hydrogen) atoms. The van der Waals surface area contributed by atoms with Crippen molar-refractivity contribution in [1.29, 1.82) is 0 Å². The number of fused-ring (bicyclic) bond motifs is 1. The third kappa shape index (κ3) is 4.10. The zero-order chi connectivity index (χ0) is 19.6.